The average Bonchev–Trinajstić information content (AvgIpc) is 2.73. The third kappa shape index (κ3) is 4.17. The fourth-order valence-electron chi connectivity index (χ4n) is 3.22. The molecule has 0 aliphatic carbocycles. The van der Waals surface area contributed by atoms with Crippen LogP contribution in [0.4, 0.5) is 11.4 Å². The molecule has 1 heterocycles. The van der Waals surface area contributed by atoms with Crippen molar-refractivity contribution in [2.24, 2.45) is 0 Å². The number of benzene rings is 3. The summed E-state index contributed by atoms with van der Waals surface area (Å²) in [6.45, 7) is 2.18. The highest BCUT2D eigenvalue weighted by Crippen LogP contribution is 2.37. The molecule has 0 radical (unpaired) electrons. The molecule has 0 saturated carbocycles. The van der Waals surface area contributed by atoms with Crippen molar-refractivity contribution >= 4 is 39.1 Å². The van der Waals surface area contributed by atoms with E-state index in [4.69, 9.17) is 4.74 Å². The molecule has 3 aromatic rings. The predicted octanol–water partition coefficient (Wildman–Crippen LogP) is 5.02. The zero-order valence-corrected chi connectivity index (χ0v) is 17.3. The van der Waals surface area contributed by atoms with Gasteiger partial charge in [-0.1, -0.05) is 46.3 Å². The minimum Gasteiger partial charge on any atom is -0.479 e. The molecule has 1 N–H and O–H groups in total. The number of halogens is 1. The topological polar surface area (TPSA) is 58.6 Å². The van der Waals surface area contributed by atoms with Crippen molar-refractivity contribution in [3.8, 4) is 5.75 Å². The van der Waals surface area contributed by atoms with Crippen LogP contribution in [0.2, 0.25) is 0 Å². The summed E-state index contributed by atoms with van der Waals surface area (Å²) in [4.78, 5) is 27.0. The highest BCUT2D eigenvalue weighted by atomic mass is 79.9. The molecular weight excluding hydrogens is 432 g/mol. The van der Waals surface area contributed by atoms with Gasteiger partial charge in [0.05, 0.1) is 12.2 Å². The smallest absolute Gasteiger partial charge is 0.268 e. The highest BCUT2D eigenvalue weighted by molar-refractivity contribution is 9.10. The molecule has 146 valence electrons. The molecular formula is C23H19BrN2O3. The second-order valence-electron chi connectivity index (χ2n) is 6.81. The van der Waals surface area contributed by atoms with Crippen LogP contribution in [0, 0.1) is 0 Å². The van der Waals surface area contributed by atoms with Gasteiger partial charge in [0.2, 0.25) is 0 Å². The molecule has 0 fully saturated rings. The minimum atomic E-state index is -0.561. The van der Waals surface area contributed by atoms with Gasteiger partial charge in [-0.15, -0.1) is 0 Å². The van der Waals surface area contributed by atoms with Crippen molar-refractivity contribution in [1.29, 1.82) is 0 Å². The van der Waals surface area contributed by atoms with Crippen LogP contribution in [0.25, 0.3) is 0 Å². The van der Waals surface area contributed by atoms with Crippen LogP contribution < -0.4 is 15.0 Å². The maximum Gasteiger partial charge on any atom is 0.268 e. The number of nitrogens with one attached hydrogen (secondary N) is 1. The van der Waals surface area contributed by atoms with E-state index in [1.807, 2.05) is 42.5 Å². The Bertz CT molecular complexity index is 1050. The normalized spacial score (nSPS) is 15.4. The summed E-state index contributed by atoms with van der Waals surface area (Å²) in [5, 5.41) is 2.89. The van der Waals surface area contributed by atoms with Crippen molar-refractivity contribution in [2.75, 3.05) is 10.2 Å². The van der Waals surface area contributed by atoms with Crippen molar-refractivity contribution in [3.05, 3.63) is 88.4 Å². The molecule has 4 rings (SSSR count). The number of nitrogens with zero attached hydrogens (tertiary/aromatic N) is 1. The van der Waals surface area contributed by atoms with Gasteiger partial charge in [-0.25, -0.2) is 0 Å². The summed E-state index contributed by atoms with van der Waals surface area (Å²) in [5.74, 6) is 0.288. The monoisotopic (exact) mass is 450 g/mol. The number of ether oxygens (including phenoxy) is 1. The second-order valence-corrected chi connectivity index (χ2v) is 7.73. The third-order valence-corrected chi connectivity index (χ3v) is 5.24. The number of rotatable bonds is 4. The zero-order chi connectivity index (χ0) is 20.4. The van der Waals surface area contributed by atoms with Crippen LogP contribution >= 0.6 is 15.9 Å². The van der Waals surface area contributed by atoms with Gasteiger partial charge in [0.1, 0.15) is 5.75 Å². The van der Waals surface area contributed by atoms with E-state index in [-0.39, 0.29) is 11.8 Å². The number of fused-ring (bicyclic) bond motifs is 1. The number of amides is 2. The molecule has 1 aliphatic heterocycles. The largest absolute Gasteiger partial charge is 0.479 e. The SMILES string of the molecule is CC1Oc2ccc(NC(=O)c3ccc(Br)cc3)cc2N(Cc2ccccc2)C1=O. The Kier molecular flexibility index (Phi) is 5.36. The lowest BCUT2D eigenvalue weighted by atomic mass is 10.1. The van der Waals surface area contributed by atoms with Crippen LogP contribution in [0.1, 0.15) is 22.8 Å². The summed E-state index contributed by atoms with van der Waals surface area (Å²) in [5.41, 5.74) is 2.81. The van der Waals surface area contributed by atoms with Gasteiger partial charge in [0, 0.05) is 15.7 Å². The van der Waals surface area contributed by atoms with Gasteiger partial charge in [-0.3, -0.25) is 9.59 Å². The van der Waals surface area contributed by atoms with Crippen molar-refractivity contribution < 1.29 is 14.3 Å². The van der Waals surface area contributed by atoms with Crippen molar-refractivity contribution in [3.63, 3.8) is 0 Å². The lowest BCUT2D eigenvalue weighted by molar-refractivity contribution is -0.125. The minimum absolute atomic E-state index is 0.113. The molecule has 29 heavy (non-hydrogen) atoms. The molecule has 0 saturated heterocycles. The van der Waals surface area contributed by atoms with E-state index >= 15 is 0 Å². The molecule has 0 bridgehead atoms. The van der Waals surface area contributed by atoms with Crippen LogP contribution in [0.5, 0.6) is 5.75 Å². The number of carbonyl (C=O) groups excluding carboxylic acids is 2. The Morgan fingerprint density at radius 2 is 1.79 bits per heavy atom. The van der Waals surface area contributed by atoms with Crippen LogP contribution in [-0.4, -0.2) is 17.9 Å². The molecule has 6 heteroatoms. The molecule has 0 aromatic heterocycles. The van der Waals surface area contributed by atoms with Crippen molar-refractivity contribution in [2.45, 2.75) is 19.6 Å². The van der Waals surface area contributed by atoms with Gasteiger partial charge >= 0.3 is 0 Å². The van der Waals surface area contributed by atoms with Gasteiger partial charge in [0.15, 0.2) is 6.10 Å². The molecule has 2 amide bonds. The molecule has 5 nitrogen and oxygen atoms in total. The molecule has 1 atom stereocenters. The highest BCUT2D eigenvalue weighted by Gasteiger charge is 2.31. The molecule has 1 aliphatic rings. The summed E-state index contributed by atoms with van der Waals surface area (Å²) < 4.78 is 6.67. The first-order valence-electron chi connectivity index (χ1n) is 9.24. The zero-order valence-electron chi connectivity index (χ0n) is 15.8. The molecule has 3 aromatic carbocycles. The van der Waals surface area contributed by atoms with Crippen LogP contribution in [0.3, 0.4) is 0 Å². The van der Waals surface area contributed by atoms with Gasteiger partial charge < -0.3 is 15.0 Å². The summed E-state index contributed by atoms with van der Waals surface area (Å²) in [6, 6.07) is 22.2. The molecule has 1 unspecified atom stereocenters. The maximum atomic E-state index is 12.8. The Hall–Kier alpha value is -3.12. The maximum absolute atomic E-state index is 12.8. The first-order valence-corrected chi connectivity index (χ1v) is 10.0. The van der Waals surface area contributed by atoms with Crippen LogP contribution in [-0.2, 0) is 11.3 Å². The standard InChI is InChI=1S/C23H19BrN2O3/c1-15-23(28)26(14-16-5-3-2-4-6-16)20-13-19(11-12-21(20)29-15)25-22(27)17-7-9-18(24)10-8-17/h2-13,15H,14H2,1H3,(H,25,27). The second kappa shape index (κ2) is 8.09. The Morgan fingerprint density at radius 3 is 2.52 bits per heavy atom. The van der Waals surface area contributed by atoms with E-state index in [1.165, 1.54) is 0 Å². The predicted molar refractivity (Wildman–Crippen MR) is 116 cm³/mol. The number of hydrogen-bond donors (Lipinski definition) is 1. The van der Waals surface area contributed by atoms with E-state index in [2.05, 4.69) is 21.2 Å². The van der Waals surface area contributed by atoms with E-state index in [0.717, 1.165) is 10.0 Å². The third-order valence-electron chi connectivity index (χ3n) is 4.72. The summed E-state index contributed by atoms with van der Waals surface area (Å²) >= 11 is 3.36. The lowest BCUT2D eigenvalue weighted by Crippen LogP contribution is -2.44. The Labute approximate surface area is 177 Å². The fourth-order valence-corrected chi connectivity index (χ4v) is 3.48. The summed E-state index contributed by atoms with van der Waals surface area (Å²) in [7, 11) is 0. The van der Waals surface area contributed by atoms with Gasteiger partial charge in [-0.05, 0) is 55.0 Å². The van der Waals surface area contributed by atoms with E-state index in [1.54, 1.807) is 42.2 Å². The van der Waals surface area contributed by atoms with Gasteiger partial charge in [-0.2, -0.15) is 0 Å². The van der Waals surface area contributed by atoms with Gasteiger partial charge in [0.25, 0.3) is 11.8 Å². The lowest BCUT2D eigenvalue weighted by Gasteiger charge is -2.33. The number of anilines is 2. The molecule has 0 spiro atoms. The Balaban J connectivity index is 1.62. The summed E-state index contributed by atoms with van der Waals surface area (Å²) in [6.07, 6.45) is -0.561. The van der Waals surface area contributed by atoms with Crippen LogP contribution in [0.15, 0.2) is 77.3 Å². The average molecular weight is 451 g/mol. The number of hydrogen-bond acceptors (Lipinski definition) is 3. The quantitative estimate of drug-likeness (QED) is 0.607. The van der Waals surface area contributed by atoms with Crippen molar-refractivity contribution in [1.82, 2.24) is 0 Å². The van der Waals surface area contributed by atoms with E-state index in [9.17, 15) is 9.59 Å². The fraction of sp³-hybridized carbons (Fsp3) is 0.130. The number of carbonyl (C=O) groups is 2. The Morgan fingerprint density at radius 1 is 1.07 bits per heavy atom. The van der Waals surface area contributed by atoms with E-state index < -0.39 is 6.10 Å². The first-order chi connectivity index (χ1) is 14.0. The first kappa shape index (κ1) is 19.2. The van der Waals surface area contributed by atoms with E-state index in [0.29, 0.717) is 29.2 Å².